The zero-order valence-corrected chi connectivity index (χ0v) is 16.5. The maximum absolute atomic E-state index is 8.36. The Morgan fingerprint density at radius 2 is 0.840 bits per heavy atom. The molecule has 0 aromatic heterocycles. The monoisotopic (exact) mass is 366 g/mol. The molecule has 2 N–H and O–H groups in total. The van der Waals surface area contributed by atoms with Gasteiger partial charge in [-0.05, 0) is 12.8 Å². The average Bonchev–Trinajstić information content (AvgIpc) is 2.63. The molecule has 0 aromatic rings. The summed E-state index contributed by atoms with van der Waals surface area (Å²) in [7, 11) is 0. The van der Waals surface area contributed by atoms with Crippen LogP contribution in [-0.2, 0) is 18.9 Å². The van der Waals surface area contributed by atoms with Crippen molar-refractivity contribution in [2.75, 3.05) is 66.1 Å². The number of unbranched alkanes of at least 4 members (excludes halogenated alkanes) is 5. The van der Waals surface area contributed by atoms with Crippen molar-refractivity contribution in [2.45, 2.75) is 58.8 Å². The fraction of sp³-hybridized carbons (Fsp3) is 1.00. The summed E-state index contributed by atoms with van der Waals surface area (Å²) in [6.07, 6.45) is 9.16. The smallest absolute Gasteiger partial charge is 0.0701 e. The van der Waals surface area contributed by atoms with E-state index in [9.17, 15) is 0 Å². The molecule has 6 heteroatoms. The summed E-state index contributed by atoms with van der Waals surface area (Å²) in [4.78, 5) is 0. The second kappa shape index (κ2) is 28.6. The Morgan fingerprint density at radius 3 is 1.32 bits per heavy atom. The van der Waals surface area contributed by atoms with Gasteiger partial charge < -0.3 is 29.2 Å². The molecule has 0 bridgehead atoms. The third-order valence-electron chi connectivity index (χ3n) is 3.25. The van der Waals surface area contributed by atoms with Gasteiger partial charge in [0.25, 0.3) is 0 Å². The van der Waals surface area contributed by atoms with Crippen LogP contribution in [0.3, 0.4) is 0 Å². The van der Waals surface area contributed by atoms with Gasteiger partial charge in [-0.2, -0.15) is 0 Å². The first-order valence-corrected chi connectivity index (χ1v) is 9.86. The van der Waals surface area contributed by atoms with Gasteiger partial charge in [0.15, 0.2) is 0 Å². The highest BCUT2D eigenvalue weighted by molar-refractivity contribution is 4.41. The molecule has 0 aliphatic carbocycles. The molecule has 0 spiro atoms. The summed E-state index contributed by atoms with van der Waals surface area (Å²) in [6.45, 7) is 9.15. The number of hydrogen-bond donors (Lipinski definition) is 2. The number of rotatable bonds is 19. The lowest BCUT2D eigenvalue weighted by molar-refractivity contribution is 0.00230. The zero-order chi connectivity index (χ0) is 18.8. The quantitative estimate of drug-likeness (QED) is 0.342. The van der Waals surface area contributed by atoms with Crippen LogP contribution < -0.4 is 0 Å². The third-order valence-corrected chi connectivity index (χ3v) is 3.25. The van der Waals surface area contributed by atoms with E-state index in [1.807, 2.05) is 0 Å². The van der Waals surface area contributed by atoms with Crippen LogP contribution >= 0.6 is 0 Å². The lowest BCUT2D eigenvalue weighted by Gasteiger charge is -2.04. The van der Waals surface area contributed by atoms with E-state index in [1.54, 1.807) is 0 Å². The van der Waals surface area contributed by atoms with E-state index >= 15 is 0 Å². The predicted molar refractivity (Wildman–Crippen MR) is 101 cm³/mol. The maximum atomic E-state index is 8.36. The topological polar surface area (TPSA) is 77.4 Å². The summed E-state index contributed by atoms with van der Waals surface area (Å²) < 4.78 is 20.5. The van der Waals surface area contributed by atoms with Crippen molar-refractivity contribution in [1.82, 2.24) is 0 Å². The normalized spacial score (nSPS) is 10.6. The molecule has 0 unspecified atom stereocenters. The minimum absolute atomic E-state index is 0.0413. The van der Waals surface area contributed by atoms with E-state index in [1.165, 1.54) is 44.9 Å². The van der Waals surface area contributed by atoms with Crippen LogP contribution in [0.2, 0.25) is 0 Å². The van der Waals surface area contributed by atoms with Gasteiger partial charge in [0, 0.05) is 13.2 Å². The first kappa shape index (κ1) is 27.0. The van der Waals surface area contributed by atoms with E-state index in [0.717, 1.165) is 13.2 Å². The molecule has 0 atom stereocenters. The van der Waals surface area contributed by atoms with Gasteiger partial charge in [0.2, 0.25) is 0 Å². The molecule has 0 fully saturated rings. The molecule has 0 radical (unpaired) electrons. The lowest BCUT2D eigenvalue weighted by Crippen LogP contribution is -2.11. The summed E-state index contributed by atoms with van der Waals surface area (Å²) in [5, 5.41) is 16.7. The van der Waals surface area contributed by atoms with Gasteiger partial charge >= 0.3 is 0 Å². The minimum Gasteiger partial charge on any atom is -0.394 e. The van der Waals surface area contributed by atoms with Crippen molar-refractivity contribution in [2.24, 2.45) is 0 Å². The first-order valence-electron chi connectivity index (χ1n) is 9.86. The highest BCUT2D eigenvalue weighted by Crippen LogP contribution is 2.02. The summed E-state index contributed by atoms with van der Waals surface area (Å²) in [5.74, 6) is 0. The molecule has 0 saturated heterocycles. The third kappa shape index (κ3) is 32.0. The molecule has 0 aliphatic heterocycles. The SMILES string of the molecule is CCCCCCCOCCCC.OCCOCCOCCOCCO. The van der Waals surface area contributed by atoms with Crippen molar-refractivity contribution in [3.05, 3.63) is 0 Å². The van der Waals surface area contributed by atoms with Crippen LogP contribution in [0.25, 0.3) is 0 Å². The fourth-order valence-corrected chi connectivity index (χ4v) is 1.83. The van der Waals surface area contributed by atoms with E-state index in [2.05, 4.69) is 13.8 Å². The zero-order valence-electron chi connectivity index (χ0n) is 16.5. The number of aliphatic hydroxyl groups excluding tert-OH is 2. The Labute approximate surface area is 154 Å². The van der Waals surface area contributed by atoms with Gasteiger partial charge in [-0.15, -0.1) is 0 Å². The molecule has 25 heavy (non-hydrogen) atoms. The average molecular weight is 367 g/mol. The van der Waals surface area contributed by atoms with Gasteiger partial charge in [-0.3, -0.25) is 0 Å². The number of aliphatic hydroxyl groups is 2. The van der Waals surface area contributed by atoms with Crippen LogP contribution in [-0.4, -0.2) is 76.3 Å². The van der Waals surface area contributed by atoms with Crippen LogP contribution in [0.1, 0.15) is 58.8 Å². The molecule has 154 valence electrons. The summed E-state index contributed by atoms with van der Waals surface area (Å²) >= 11 is 0. The number of hydrogen-bond acceptors (Lipinski definition) is 6. The lowest BCUT2D eigenvalue weighted by atomic mass is 10.2. The van der Waals surface area contributed by atoms with E-state index in [0.29, 0.717) is 39.6 Å². The van der Waals surface area contributed by atoms with Crippen LogP contribution in [0.15, 0.2) is 0 Å². The maximum Gasteiger partial charge on any atom is 0.0701 e. The van der Waals surface area contributed by atoms with Crippen molar-refractivity contribution < 1.29 is 29.2 Å². The summed E-state index contributed by atoms with van der Waals surface area (Å²) in [6, 6.07) is 0. The second-order valence-corrected chi connectivity index (χ2v) is 5.66. The van der Waals surface area contributed by atoms with Gasteiger partial charge in [-0.25, -0.2) is 0 Å². The van der Waals surface area contributed by atoms with Gasteiger partial charge in [0.05, 0.1) is 52.9 Å². The Morgan fingerprint density at radius 1 is 0.440 bits per heavy atom. The molecule has 0 aliphatic rings. The minimum atomic E-state index is 0.0413. The van der Waals surface area contributed by atoms with Crippen molar-refractivity contribution in [3.8, 4) is 0 Å². The standard InChI is InChI=1S/C11H24O.C8H18O5/c1-3-5-7-8-9-11-12-10-6-4-2;9-1-3-11-5-7-13-8-6-12-4-2-10/h3-11H2,1-2H3;9-10H,1-8H2. The Kier molecular flexibility index (Phi) is 30.8. The van der Waals surface area contributed by atoms with Crippen LogP contribution in [0.5, 0.6) is 0 Å². The van der Waals surface area contributed by atoms with Crippen LogP contribution in [0.4, 0.5) is 0 Å². The molecular weight excluding hydrogens is 324 g/mol. The summed E-state index contributed by atoms with van der Waals surface area (Å²) in [5.41, 5.74) is 0. The first-order chi connectivity index (χ1) is 12.3. The van der Waals surface area contributed by atoms with Crippen molar-refractivity contribution in [1.29, 1.82) is 0 Å². The molecular formula is C19H42O6. The van der Waals surface area contributed by atoms with E-state index < -0.39 is 0 Å². The fourth-order valence-electron chi connectivity index (χ4n) is 1.83. The Bertz CT molecular complexity index is 184. The van der Waals surface area contributed by atoms with E-state index in [-0.39, 0.29) is 13.2 Å². The highest BCUT2D eigenvalue weighted by atomic mass is 16.5. The highest BCUT2D eigenvalue weighted by Gasteiger charge is 1.90. The molecule has 6 nitrogen and oxygen atoms in total. The molecule has 0 heterocycles. The second-order valence-electron chi connectivity index (χ2n) is 5.66. The molecule has 0 rings (SSSR count). The largest absolute Gasteiger partial charge is 0.394 e. The predicted octanol–water partition coefficient (Wildman–Crippen LogP) is 2.79. The molecule has 0 aromatic carbocycles. The molecule has 0 amide bonds. The van der Waals surface area contributed by atoms with Gasteiger partial charge in [0.1, 0.15) is 0 Å². The van der Waals surface area contributed by atoms with Crippen molar-refractivity contribution >= 4 is 0 Å². The van der Waals surface area contributed by atoms with Crippen molar-refractivity contribution in [3.63, 3.8) is 0 Å². The van der Waals surface area contributed by atoms with E-state index in [4.69, 9.17) is 29.2 Å². The Balaban J connectivity index is 0. The Hall–Kier alpha value is -0.240. The van der Waals surface area contributed by atoms with Gasteiger partial charge in [-0.1, -0.05) is 46.0 Å². The van der Waals surface area contributed by atoms with Crippen LogP contribution in [0, 0.1) is 0 Å². The number of ether oxygens (including phenoxy) is 4. The molecule has 0 saturated carbocycles.